The van der Waals surface area contributed by atoms with E-state index < -0.39 is 0 Å². The van der Waals surface area contributed by atoms with E-state index in [1.54, 1.807) is 4.68 Å². The van der Waals surface area contributed by atoms with Gasteiger partial charge in [-0.2, -0.15) is 5.10 Å². The first kappa shape index (κ1) is 15.3. The average Bonchev–Trinajstić information content (AvgIpc) is 2.58. The number of hydrogen-bond acceptors (Lipinski definition) is 4. The summed E-state index contributed by atoms with van der Waals surface area (Å²) >= 11 is 0. The Hall–Kier alpha value is -1.20. The molecule has 0 aliphatic heterocycles. The number of aliphatic hydroxyl groups is 1. The first-order valence-electron chi connectivity index (χ1n) is 9.26. The van der Waals surface area contributed by atoms with Crippen LogP contribution in [0.5, 0.6) is 0 Å². The molecule has 3 aliphatic carbocycles. The Morgan fingerprint density at radius 2 is 1.87 bits per heavy atom. The maximum absolute atomic E-state index is 12.4. The van der Waals surface area contributed by atoms with Crippen molar-refractivity contribution in [3.8, 4) is 0 Å². The number of nitrogens with zero attached hydrogens (tertiary/aromatic N) is 2. The van der Waals surface area contributed by atoms with Crippen molar-refractivity contribution in [2.24, 2.45) is 0 Å². The van der Waals surface area contributed by atoms with Gasteiger partial charge in [0.15, 0.2) is 0 Å². The van der Waals surface area contributed by atoms with E-state index in [-0.39, 0.29) is 17.7 Å². The molecule has 0 aromatic carbocycles. The van der Waals surface area contributed by atoms with E-state index in [0.717, 1.165) is 57.1 Å². The number of hydrogen-bond donors (Lipinski definition) is 2. The Bertz CT molecular complexity index is 619. The summed E-state index contributed by atoms with van der Waals surface area (Å²) in [6, 6.07) is 2.86. The number of fused-ring (bicyclic) bond motifs is 1. The van der Waals surface area contributed by atoms with Crippen LogP contribution in [0.3, 0.4) is 0 Å². The second-order valence-electron chi connectivity index (χ2n) is 7.53. The normalized spacial score (nSPS) is 33.8. The molecule has 2 atom stereocenters. The lowest BCUT2D eigenvalue weighted by molar-refractivity contribution is 0.0397. The minimum Gasteiger partial charge on any atom is -0.392 e. The van der Waals surface area contributed by atoms with Crippen LogP contribution in [-0.2, 0) is 12.8 Å². The predicted molar refractivity (Wildman–Crippen MR) is 88.6 cm³/mol. The highest BCUT2D eigenvalue weighted by Crippen LogP contribution is 2.30. The fourth-order valence-corrected chi connectivity index (χ4v) is 4.31. The molecule has 3 aliphatic rings. The second kappa shape index (κ2) is 6.36. The Labute approximate surface area is 137 Å². The largest absolute Gasteiger partial charge is 0.392 e. The number of rotatable bonds is 3. The number of aliphatic hydroxyl groups excluding tert-OH is 1. The number of aryl methyl sites for hydroxylation is 2. The van der Waals surface area contributed by atoms with Gasteiger partial charge in [0.1, 0.15) is 0 Å². The van der Waals surface area contributed by atoms with Crippen LogP contribution < -0.4 is 10.9 Å². The fourth-order valence-electron chi connectivity index (χ4n) is 4.31. The van der Waals surface area contributed by atoms with Crippen molar-refractivity contribution in [1.82, 2.24) is 15.1 Å². The molecular formula is C18H27N3O2. The minimum atomic E-state index is -0.155. The number of nitrogens with one attached hydrogen (secondary N) is 1. The van der Waals surface area contributed by atoms with Gasteiger partial charge in [-0.1, -0.05) is 0 Å². The van der Waals surface area contributed by atoms with Crippen molar-refractivity contribution in [2.45, 2.75) is 88.4 Å². The first-order valence-corrected chi connectivity index (χ1v) is 9.26. The van der Waals surface area contributed by atoms with Crippen molar-refractivity contribution in [3.63, 3.8) is 0 Å². The highest BCUT2D eigenvalue weighted by atomic mass is 16.3. The van der Waals surface area contributed by atoms with Gasteiger partial charge in [0.2, 0.25) is 0 Å². The zero-order valence-corrected chi connectivity index (χ0v) is 13.7. The average molecular weight is 317 g/mol. The molecule has 2 fully saturated rings. The van der Waals surface area contributed by atoms with Crippen LogP contribution in [0.4, 0.5) is 0 Å². The van der Waals surface area contributed by atoms with Gasteiger partial charge in [0.05, 0.1) is 17.8 Å². The van der Waals surface area contributed by atoms with Crippen LogP contribution in [0, 0.1) is 0 Å². The summed E-state index contributed by atoms with van der Waals surface area (Å²) in [6.07, 6.45) is 10.4. The van der Waals surface area contributed by atoms with E-state index in [1.165, 1.54) is 18.4 Å². The van der Waals surface area contributed by atoms with Gasteiger partial charge >= 0.3 is 0 Å². The molecule has 0 spiro atoms. The fraction of sp³-hybridized carbons (Fsp3) is 0.778. The smallest absolute Gasteiger partial charge is 0.267 e. The third-order valence-corrected chi connectivity index (χ3v) is 5.96. The third kappa shape index (κ3) is 3.09. The van der Waals surface area contributed by atoms with Gasteiger partial charge < -0.3 is 10.4 Å². The molecule has 1 aromatic heterocycles. The maximum atomic E-state index is 12.4. The van der Waals surface area contributed by atoms with Crippen LogP contribution >= 0.6 is 0 Å². The van der Waals surface area contributed by atoms with E-state index in [4.69, 9.17) is 5.10 Å². The summed E-state index contributed by atoms with van der Waals surface area (Å²) in [5, 5.41) is 18.0. The van der Waals surface area contributed by atoms with E-state index in [1.807, 2.05) is 6.07 Å². The molecule has 1 heterocycles. The van der Waals surface area contributed by atoms with Crippen molar-refractivity contribution in [1.29, 1.82) is 0 Å². The summed E-state index contributed by atoms with van der Waals surface area (Å²) in [7, 11) is 0. The van der Waals surface area contributed by atoms with E-state index in [9.17, 15) is 9.90 Å². The van der Waals surface area contributed by atoms with E-state index >= 15 is 0 Å². The summed E-state index contributed by atoms with van der Waals surface area (Å²) in [6.45, 7) is 0. The molecule has 0 radical (unpaired) electrons. The zero-order valence-electron chi connectivity index (χ0n) is 13.7. The molecule has 2 N–H and O–H groups in total. The first-order chi connectivity index (χ1) is 11.2. The Morgan fingerprint density at radius 3 is 2.57 bits per heavy atom. The Morgan fingerprint density at radius 1 is 1.09 bits per heavy atom. The summed E-state index contributed by atoms with van der Waals surface area (Å²) in [4.78, 5) is 12.4. The van der Waals surface area contributed by atoms with Crippen LogP contribution in [0.25, 0.3) is 0 Å². The topological polar surface area (TPSA) is 67.2 Å². The molecule has 0 bridgehead atoms. The molecule has 23 heavy (non-hydrogen) atoms. The lowest BCUT2D eigenvalue weighted by atomic mass is 9.85. The number of aromatic nitrogens is 2. The van der Waals surface area contributed by atoms with Crippen LogP contribution in [0.2, 0.25) is 0 Å². The Kier molecular flexibility index (Phi) is 4.24. The summed E-state index contributed by atoms with van der Waals surface area (Å²) in [5.41, 5.74) is 2.40. The van der Waals surface area contributed by atoms with Crippen LogP contribution in [0.1, 0.15) is 68.7 Å². The highest BCUT2D eigenvalue weighted by molar-refractivity contribution is 5.20. The van der Waals surface area contributed by atoms with Gasteiger partial charge in [0.25, 0.3) is 5.56 Å². The molecule has 2 unspecified atom stereocenters. The molecule has 5 heteroatoms. The molecule has 0 amide bonds. The predicted octanol–water partition coefficient (Wildman–Crippen LogP) is 1.72. The standard InChI is InChI=1S/C18H27N3O2/c22-17-10-9-16(17)19-13-5-7-14(8-6-13)21-18(23)11-12-3-1-2-4-15(12)20-21/h11,13-14,16-17,19,22H,1-10H2. The molecule has 2 saturated carbocycles. The van der Waals surface area contributed by atoms with Crippen molar-refractivity contribution >= 4 is 0 Å². The van der Waals surface area contributed by atoms with Crippen molar-refractivity contribution in [2.75, 3.05) is 0 Å². The maximum Gasteiger partial charge on any atom is 0.267 e. The second-order valence-corrected chi connectivity index (χ2v) is 7.53. The quantitative estimate of drug-likeness (QED) is 0.891. The minimum absolute atomic E-state index is 0.0801. The van der Waals surface area contributed by atoms with Gasteiger partial charge in [-0.05, 0) is 69.8 Å². The SMILES string of the molecule is O=c1cc2c(nn1C1CCC(NC3CCC3O)CC1)CCCC2. The van der Waals surface area contributed by atoms with E-state index in [2.05, 4.69) is 5.32 Å². The van der Waals surface area contributed by atoms with E-state index in [0.29, 0.717) is 12.1 Å². The van der Waals surface area contributed by atoms with Crippen LogP contribution in [0.15, 0.2) is 10.9 Å². The molecule has 4 rings (SSSR count). The molecule has 0 saturated heterocycles. The summed E-state index contributed by atoms with van der Waals surface area (Å²) in [5.74, 6) is 0. The highest BCUT2D eigenvalue weighted by Gasteiger charge is 2.32. The molecule has 5 nitrogen and oxygen atoms in total. The van der Waals surface area contributed by atoms with Gasteiger partial charge in [-0.25, -0.2) is 4.68 Å². The molecule has 126 valence electrons. The monoisotopic (exact) mass is 317 g/mol. The van der Waals surface area contributed by atoms with Crippen molar-refractivity contribution in [3.05, 3.63) is 27.7 Å². The lowest BCUT2D eigenvalue weighted by Gasteiger charge is -2.39. The molecular weight excluding hydrogens is 290 g/mol. The molecule has 1 aromatic rings. The zero-order chi connectivity index (χ0) is 15.8. The van der Waals surface area contributed by atoms with Crippen LogP contribution in [-0.4, -0.2) is 33.1 Å². The lowest BCUT2D eigenvalue weighted by Crippen LogP contribution is -2.52. The third-order valence-electron chi connectivity index (χ3n) is 5.96. The van der Waals surface area contributed by atoms with Gasteiger partial charge in [0, 0.05) is 18.2 Å². The van der Waals surface area contributed by atoms with Gasteiger partial charge in [-0.15, -0.1) is 0 Å². The van der Waals surface area contributed by atoms with Crippen molar-refractivity contribution < 1.29 is 5.11 Å². The Balaban J connectivity index is 1.41. The van der Waals surface area contributed by atoms with Gasteiger partial charge in [-0.3, -0.25) is 4.79 Å². The summed E-state index contributed by atoms with van der Waals surface area (Å²) < 4.78 is 1.76.